The van der Waals surface area contributed by atoms with Crippen LogP contribution in [0, 0.1) is 30.6 Å². The van der Waals surface area contributed by atoms with Gasteiger partial charge < -0.3 is 9.42 Å². The summed E-state index contributed by atoms with van der Waals surface area (Å²) < 4.78 is 4.98. The SMILES string of the molecule is Cc1cc(CN(C)C(=O)CN2C(=O)[C@@H]3[C@H](C2=O)[C@H]2C=C[C@H]3C2)no1. The molecule has 7 heteroatoms. The molecule has 1 aliphatic heterocycles. The first-order chi connectivity index (χ1) is 11.5. The zero-order valence-electron chi connectivity index (χ0n) is 13.6. The summed E-state index contributed by atoms with van der Waals surface area (Å²) in [6.45, 7) is 1.87. The van der Waals surface area contributed by atoms with Gasteiger partial charge in [-0.15, -0.1) is 0 Å². The lowest BCUT2D eigenvalue weighted by atomic mass is 9.85. The molecule has 2 fully saturated rings. The zero-order valence-corrected chi connectivity index (χ0v) is 13.6. The van der Waals surface area contributed by atoms with Gasteiger partial charge in [-0.3, -0.25) is 19.3 Å². The largest absolute Gasteiger partial charge is 0.361 e. The molecule has 0 N–H and O–H groups in total. The molecule has 1 saturated carbocycles. The molecule has 126 valence electrons. The number of aromatic nitrogens is 1. The van der Waals surface area contributed by atoms with Gasteiger partial charge in [0.05, 0.1) is 18.4 Å². The Hall–Kier alpha value is -2.44. The van der Waals surface area contributed by atoms with Crippen LogP contribution < -0.4 is 0 Å². The van der Waals surface area contributed by atoms with Crippen molar-refractivity contribution < 1.29 is 18.9 Å². The topological polar surface area (TPSA) is 83.7 Å². The lowest BCUT2D eigenvalue weighted by Crippen LogP contribution is -2.42. The predicted molar refractivity (Wildman–Crippen MR) is 82.2 cm³/mol. The van der Waals surface area contributed by atoms with Gasteiger partial charge in [-0.05, 0) is 25.2 Å². The first kappa shape index (κ1) is 15.1. The predicted octanol–water partition coefficient (Wildman–Crippen LogP) is 0.749. The monoisotopic (exact) mass is 329 g/mol. The van der Waals surface area contributed by atoms with Gasteiger partial charge in [0, 0.05) is 13.1 Å². The molecule has 3 amide bonds. The van der Waals surface area contributed by atoms with E-state index in [2.05, 4.69) is 5.16 Å². The van der Waals surface area contributed by atoms with Crippen molar-refractivity contribution >= 4 is 17.7 Å². The van der Waals surface area contributed by atoms with E-state index in [1.807, 2.05) is 12.2 Å². The highest BCUT2D eigenvalue weighted by Crippen LogP contribution is 2.52. The molecule has 0 aromatic carbocycles. The van der Waals surface area contributed by atoms with Crippen molar-refractivity contribution in [3.05, 3.63) is 29.7 Å². The summed E-state index contributed by atoms with van der Waals surface area (Å²) >= 11 is 0. The second-order valence-corrected chi connectivity index (χ2v) is 6.94. The molecule has 7 nitrogen and oxygen atoms in total. The molecule has 1 saturated heterocycles. The minimum Gasteiger partial charge on any atom is -0.361 e. The fourth-order valence-corrected chi connectivity index (χ4v) is 4.20. The molecule has 3 aliphatic rings. The van der Waals surface area contributed by atoms with E-state index in [0.29, 0.717) is 11.5 Å². The van der Waals surface area contributed by atoms with Crippen LogP contribution in [0.25, 0.3) is 0 Å². The number of hydrogen-bond acceptors (Lipinski definition) is 5. The van der Waals surface area contributed by atoms with Crippen LogP contribution in [-0.4, -0.2) is 46.3 Å². The summed E-state index contributed by atoms with van der Waals surface area (Å²) in [5.74, 6) is -0.196. The van der Waals surface area contributed by atoms with Crippen LogP contribution in [0.15, 0.2) is 22.7 Å². The average molecular weight is 329 g/mol. The number of imide groups is 1. The molecule has 2 bridgehead atoms. The zero-order chi connectivity index (χ0) is 17.0. The molecule has 2 aliphatic carbocycles. The van der Waals surface area contributed by atoms with E-state index in [-0.39, 0.29) is 54.5 Å². The van der Waals surface area contributed by atoms with E-state index in [1.165, 1.54) is 4.90 Å². The van der Waals surface area contributed by atoms with Gasteiger partial charge >= 0.3 is 0 Å². The summed E-state index contributed by atoms with van der Waals surface area (Å²) in [4.78, 5) is 40.2. The molecule has 1 aromatic heterocycles. The van der Waals surface area contributed by atoms with E-state index >= 15 is 0 Å². The Kier molecular flexibility index (Phi) is 3.33. The molecule has 2 heterocycles. The van der Waals surface area contributed by atoms with E-state index < -0.39 is 0 Å². The average Bonchev–Trinajstić information content (AvgIpc) is 3.29. The quantitative estimate of drug-likeness (QED) is 0.601. The molecule has 4 rings (SSSR count). The highest BCUT2D eigenvalue weighted by atomic mass is 16.5. The maximum Gasteiger partial charge on any atom is 0.242 e. The smallest absolute Gasteiger partial charge is 0.242 e. The van der Waals surface area contributed by atoms with Crippen molar-refractivity contribution in [2.24, 2.45) is 23.7 Å². The van der Waals surface area contributed by atoms with Crippen molar-refractivity contribution in [3.8, 4) is 0 Å². The van der Waals surface area contributed by atoms with Crippen LogP contribution in [0.3, 0.4) is 0 Å². The fourth-order valence-electron chi connectivity index (χ4n) is 4.20. The fraction of sp³-hybridized carbons (Fsp3) is 0.529. The Morgan fingerprint density at radius 3 is 2.46 bits per heavy atom. The maximum absolute atomic E-state index is 12.6. The number of likely N-dealkylation sites (N-methyl/N-ethyl adjacent to an activating group) is 1. The summed E-state index contributed by atoms with van der Waals surface area (Å²) in [5.41, 5.74) is 0.640. The lowest BCUT2D eigenvalue weighted by Gasteiger charge is -2.21. The number of rotatable bonds is 4. The Morgan fingerprint density at radius 1 is 1.29 bits per heavy atom. The number of nitrogens with zero attached hydrogens (tertiary/aromatic N) is 3. The number of carbonyl (C=O) groups excluding carboxylic acids is 3. The standard InChI is InChI=1S/C17H19N3O4/c1-9-5-12(18-24-9)7-19(2)13(21)8-20-16(22)14-10-3-4-11(6-10)15(14)17(20)23/h3-5,10-11,14-15H,6-8H2,1-2H3/t10-,11-,14-,15+/m0/s1. The summed E-state index contributed by atoms with van der Waals surface area (Å²) in [7, 11) is 1.63. The third-order valence-corrected chi connectivity index (χ3v) is 5.36. The molecular weight excluding hydrogens is 310 g/mol. The van der Waals surface area contributed by atoms with Crippen molar-refractivity contribution in [1.82, 2.24) is 15.0 Å². The van der Waals surface area contributed by atoms with Gasteiger partial charge in [0.2, 0.25) is 17.7 Å². The molecule has 0 unspecified atom stereocenters. The van der Waals surface area contributed by atoms with Crippen LogP contribution in [0.4, 0.5) is 0 Å². The molecule has 4 atom stereocenters. The molecule has 1 aromatic rings. The Bertz CT molecular complexity index is 723. The van der Waals surface area contributed by atoms with Crippen LogP contribution in [0.1, 0.15) is 17.9 Å². The van der Waals surface area contributed by atoms with Crippen LogP contribution in [0.5, 0.6) is 0 Å². The first-order valence-corrected chi connectivity index (χ1v) is 8.15. The number of allylic oxidation sites excluding steroid dienone is 2. The summed E-state index contributed by atoms with van der Waals surface area (Å²) in [6.07, 6.45) is 4.97. The number of amides is 3. The normalized spacial score (nSPS) is 30.3. The van der Waals surface area contributed by atoms with Gasteiger partial charge in [0.25, 0.3) is 0 Å². The number of hydrogen-bond donors (Lipinski definition) is 0. The van der Waals surface area contributed by atoms with Gasteiger partial charge in [-0.25, -0.2) is 0 Å². The van der Waals surface area contributed by atoms with Gasteiger partial charge in [0.15, 0.2) is 0 Å². The van der Waals surface area contributed by atoms with E-state index in [9.17, 15) is 14.4 Å². The number of likely N-dealkylation sites (tertiary alicyclic amines) is 1. The lowest BCUT2D eigenvalue weighted by molar-refractivity contribution is -0.146. The first-order valence-electron chi connectivity index (χ1n) is 8.15. The van der Waals surface area contributed by atoms with E-state index in [0.717, 1.165) is 11.3 Å². The Morgan fingerprint density at radius 2 is 1.92 bits per heavy atom. The third-order valence-electron chi connectivity index (χ3n) is 5.36. The summed E-state index contributed by atoms with van der Waals surface area (Å²) in [5, 5.41) is 3.85. The van der Waals surface area contributed by atoms with Crippen LogP contribution >= 0.6 is 0 Å². The third kappa shape index (κ3) is 2.18. The molecule has 24 heavy (non-hydrogen) atoms. The highest BCUT2D eigenvalue weighted by molar-refractivity contribution is 6.08. The number of aryl methyl sites for hydroxylation is 1. The van der Waals surface area contributed by atoms with Crippen molar-refractivity contribution in [3.63, 3.8) is 0 Å². The van der Waals surface area contributed by atoms with Crippen LogP contribution in [-0.2, 0) is 20.9 Å². The second-order valence-electron chi connectivity index (χ2n) is 6.94. The number of fused-ring (bicyclic) bond motifs is 5. The number of carbonyl (C=O) groups is 3. The minimum atomic E-state index is -0.280. The highest BCUT2D eigenvalue weighted by Gasteiger charge is 2.59. The van der Waals surface area contributed by atoms with Crippen molar-refractivity contribution in [2.75, 3.05) is 13.6 Å². The maximum atomic E-state index is 12.6. The van der Waals surface area contributed by atoms with Gasteiger partial charge in [-0.2, -0.15) is 0 Å². The summed E-state index contributed by atoms with van der Waals surface area (Å²) in [6, 6.07) is 1.75. The van der Waals surface area contributed by atoms with Gasteiger partial charge in [0.1, 0.15) is 18.0 Å². The van der Waals surface area contributed by atoms with E-state index in [4.69, 9.17) is 4.52 Å². The van der Waals surface area contributed by atoms with Gasteiger partial charge in [-0.1, -0.05) is 17.3 Å². The minimum absolute atomic E-state index is 0.160. The van der Waals surface area contributed by atoms with Crippen molar-refractivity contribution in [1.29, 1.82) is 0 Å². The second kappa shape index (κ2) is 5.29. The molecular formula is C17H19N3O4. The Labute approximate surface area is 139 Å². The van der Waals surface area contributed by atoms with E-state index in [1.54, 1.807) is 20.0 Å². The van der Waals surface area contributed by atoms with Crippen LogP contribution in [0.2, 0.25) is 0 Å². The molecule has 0 spiro atoms. The molecule has 0 radical (unpaired) electrons. The van der Waals surface area contributed by atoms with Crippen molar-refractivity contribution in [2.45, 2.75) is 19.9 Å². The Balaban J connectivity index is 1.43.